The van der Waals surface area contributed by atoms with Crippen molar-refractivity contribution >= 4 is 11.9 Å². The van der Waals surface area contributed by atoms with Gasteiger partial charge in [-0.1, -0.05) is 5.10 Å². The smallest absolute Gasteiger partial charge is 0.280 e. The lowest BCUT2D eigenvalue weighted by molar-refractivity contribution is 0.101. The quantitative estimate of drug-likeness (QED) is 0.884. The van der Waals surface area contributed by atoms with Crippen LogP contribution in [0.4, 0.5) is 5.95 Å². The summed E-state index contributed by atoms with van der Waals surface area (Å²) < 4.78 is 6.94. The minimum Gasteiger partial charge on any atom is -0.447 e. The van der Waals surface area contributed by atoms with E-state index in [0.29, 0.717) is 29.4 Å². The van der Waals surface area contributed by atoms with E-state index in [1.165, 1.54) is 6.39 Å². The minimum atomic E-state index is -0.313. The van der Waals surface area contributed by atoms with Crippen molar-refractivity contribution in [1.29, 1.82) is 0 Å². The Balaban J connectivity index is 1.56. The molecule has 4 rings (SSSR count). The van der Waals surface area contributed by atoms with Crippen LogP contribution in [0.15, 0.2) is 10.8 Å². The zero-order chi connectivity index (χ0) is 12.8. The number of hydrogen-bond acceptors (Lipinski definition) is 6. The van der Waals surface area contributed by atoms with Crippen molar-refractivity contribution in [2.45, 2.75) is 37.6 Å². The molecule has 0 aromatic carbocycles. The third-order valence-corrected chi connectivity index (χ3v) is 3.37. The monoisotopic (exact) mass is 260 g/mol. The molecule has 2 fully saturated rings. The molecule has 8 nitrogen and oxygen atoms in total. The lowest BCUT2D eigenvalue weighted by Crippen LogP contribution is -2.17. The minimum absolute atomic E-state index is 0.311. The molecule has 0 unspecified atom stereocenters. The lowest BCUT2D eigenvalue weighted by atomic mass is 10.2. The number of carbonyl (C=O) groups is 1. The first-order chi connectivity index (χ1) is 9.33. The van der Waals surface area contributed by atoms with E-state index in [4.69, 9.17) is 4.42 Å². The number of anilines is 1. The van der Waals surface area contributed by atoms with Gasteiger partial charge in [0.05, 0.1) is 6.04 Å². The van der Waals surface area contributed by atoms with Gasteiger partial charge in [0.15, 0.2) is 12.1 Å². The number of rotatable bonds is 4. The van der Waals surface area contributed by atoms with E-state index in [0.717, 1.165) is 25.7 Å². The average molecular weight is 260 g/mol. The molecule has 19 heavy (non-hydrogen) atoms. The Morgan fingerprint density at radius 2 is 2.21 bits per heavy atom. The van der Waals surface area contributed by atoms with Crippen molar-refractivity contribution in [2.75, 3.05) is 5.32 Å². The van der Waals surface area contributed by atoms with Gasteiger partial charge in [-0.25, -0.2) is 9.67 Å². The van der Waals surface area contributed by atoms with Gasteiger partial charge in [-0.3, -0.25) is 10.1 Å². The summed E-state index contributed by atoms with van der Waals surface area (Å²) >= 11 is 0. The second-order valence-electron chi connectivity index (χ2n) is 4.97. The number of nitrogens with one attached hydrogen (secondary N) is 1. The van der Waals surface area contributed by atoms with Crippen molar-refractivity contribution in [3.05, 3.63) is 17.8 Å². The van der Waals surface area contributed by atoms with Crippen molar-refractivity contribution in [1.82, 2.24) is 25.2 Å². The molecule has 0 saturated heterocycles. The molecule has 2 aliphatic carbocycles. The Labute approximate surface area is 108 Å². The van der Waals surface area contributed by atoms with Gasteiger partial charge in [-0.2, -0.15) is 0 Å². The predicted octanol–water partition coefficient (Wildman–Crippen LogP) is 1.13. The fourth-order valence-corrected chi connectivity index (χ4v) is 2.06. The zero-order valence-corrected chi connectivity index (χ0v) is 10.1. The van der Waals surface area contributed by atoms with Gasteiger partial charge in [0, 0.05) is 5.92 Å². The van der Waals surface area contributed by atoms with Gasteiger partial charge in [-0.05, 0) is 36.1 Å². The van der Waals surface area contributed by atoms with Gasteiger partial charge >= 0.3 is 0 Å². The molecular formula is C11H12N6O2. The second-order valence-corrected chi connectivity index (χ2v) is 4.97. The van der Waals surface area contributed by atoms with E-state index < -0.39 is 0 Å². The average Bonchev–Trinajstić information content (AvgIpc) is 3.34. The zero-order valence-electron chi connectivity index (χ0n) is 10.1. The van der Waals surface area contributed by atoms with Crippen LogP contribution in [0.2, 0.25) is 0 Å². The van der Waals surface area contributed by atoms with E-state index in [1.807, 2.05) is 0 Å². The molecule has 98 valence electrons. The fraction of sp³-hybridized carbons (Fsp3) is 0.545. The number of tetrazole rings is 1. The van der Waals surface area contributed by atoms with Crippen molar-refractivity contribution < 1.29 is 9.21 Å². The van der Waals surface area contributed by atoms with E-state index >= 15 is 0 Å². The molecule has 0 spiro atoms. The highest BCUT2D eigenvalue weighted by atomic mass is 16.3. The van der Waals surface area contributed by atoms with Crippen LogP contribution in [-0.2, 0) is 0 Å². The summed E-state index contributed by atoms with van der Waals surface area (Å²) in [6.45, 7) is 0. The van der Waals surface area contributed by atoms with Crippen molar-refractivity contribution in [3.8, 4) is 0 Å². The summed E-state index contributed by atoms with van der Waals surface area (Å²) in [5, 5.41) is 14.0. The molecule has 2 saturated carbocycles. The third-order valence-electron chi connectivity index (χ3n) is 3.37. The molecule has 1 N–H and O–H groups in total. The van der Waals surface area contributed by atoms with E-state index in [9.17, 15) is 4.79 Å². The third kappa shape index (κ3) is 1.88. The Morgan fingerprint density at radius 1 is 1.37 bits per heavy atom. The largest absolute Gasteiger partial charge is 0.447 e. The van der Waals surface area contributed by atoms with Crippen LogP contribution in [0.3, 0.4) is 0 Å². The topological polar surface area (TPSA) is 98.7 Å². The molecule has 0 aliphatic heterocycles. The van der Waals surface area contributed by atoms with Crippen molar-refractivity contribution in [3.63, 3.8) is 0 Å². The maximum atomic E-state index is 12.2. The predicted molar refractivity (Wildman–Crippen MR) is 62.5 cm³/mol. The first-order valence-corrected chi connectivity index (χ1v) is 6.35. The summed E-state index contributed by atoms with van der Waals surface area (Å²) in [4.78, 5) is 16.2. The molecule has 2 aromatic rings. The van der Waals surface area contributed by atoms with Crippen molar-refractivity contribution in [2.24, 2.45) is 0 Å². The van der Waals surface area contributed by atoms with Gasteiger partial charge < -0.3 is 4.42 Å². The number of hydrogen-bond donors (Lipinski definition) is 1. The highest BCUT2D eigenvalue weighted by molar-refractivity contribution is 6.02. The Bertz CT molecular complexity index is 625. The summed E-state index contributed by atoms with van der Waals surface area (Å²) in [5.41, 5.74) is 0.341. The first-order valence-electron chi connectivity index (χ1n) is 6.35. The molecular weight excluding hydrogens is 248 g/mol. The number of aromatic nitrogens is 5. The van der Waals surface area contributed by atoms with Crippen LogP contribution >= 0.6 is 0 Å². The summed E-state index contributed by atoms with van der Waals surface area (Å²) in [6, 6.07) is 0.311. The summed E-state index contributed by atoms with van der Waals surface area (Å²) in [7, 11) is 0. The SMILES string of the molecule is O=C(Nc1nnnn1C1CC1)c1ncoc1C1CC1. The standard InChI is InChI=1S/C11H12N6O2/c18-10(8-9(6-1-2-6)19-5-12-8)13-11-14-15-16-17(11)7-3-4-7/h5-7H,1-4H2,(H,13,14,16,18). The molecule has 0 atom stereocenters. The highest BCUT2D eigenvalue weighted by Gasteiger charge is 2.33. The molecule has 2 aromatic heterocycles. The molecule has 1 amide bonds. The number of amides is 1. The normalized spacial score (nSPS) is 18.5. The van der Waals surface area contributed by atoms with Crippen LogP contribution < -0.4 is 5.32 Å². The van der Waals surface area contributed by atoms with Crippen LogP contribution in [0.1, 0.15) is 53.9 Å². The molecule has 0 radical (unpaired) electrons. The molecule has 8 heteroatoms. The Morgan fingerprint density at radius 3 is 2.95 bits per heavy atom. The van der Waals surface area contributed by atoms with Gasteiger partial charge in [-0.15, -0.1) is 0 Å². The van der Waals surface area contributed by atoms with Crippen LogP contribution in [0, 0.1) is 0 Å². The number of oxazole rings is 1. The van der Waals surface area contributed by atoms with E-state index in [2.05, 4.69) is 25.8 Å². The summed E-state index contributed by atoms with van der Waals surface area (Å²) in [6.07, 6.45) is 5.51. The van der Waals surface area contributed by atoms with Crippen LogP contribution in [0.5, 0.6) is 0 Å². The molecule has 0 bridgehead atoms. The Hall–Kier alpha value is -2.25. The van der Waals surface area contributed by atoms with E-state index in [1.54, 1.807) is 4.68 Å². The van der Waals surface area contributed by atoms with Gasteiger partial charge in [0.2, 0.25) is 5.95 Å². The second kappa shape index (κ2) is 3.87. The van der Waals surface area contributed by atoms with Crippen LogP contribution in [0.25, 0.3) is 0 Å². The first kappa shape index (κ1) is 10.7. The summed E-state index contributed by atoms with van der Waals surface area (Å²) in [5.74, 6) is 1.07. The lowest BCUT2D eigenvalue weighted by Gasteiger charge is -2.03. The fourth-order valence-electron chi connectivity index (χ4n) is 2.06. The number of carbonyl (C=O) groups excluding carboxylic acids is 1. The highest BCUT2D eigenvalue weighted by Crippen LogP contribution is 2.41. The molecule has 2 aliphatic rings. The maximum absolute atomic E-state index is 12.2. The molecule has 2 heterocycles. The maximum Gasteiger partial charge on any atom is 0.280 e. The van der Waals surface area contributed by atoms with Gasteiger partial charge in [0.1, 0.15) is 5.76 Å². The van der Waals surface area contributed by atoms with E-state index in [-0.39, 0.29) is 5.91 Å². The Kier molecular flexibility index (Phi) is 2.17. The van der Waals surface area contributed by atoms with Crippen LogP contribution in [-0.4, -0.2) is 31.1 Å². The number of nitrogens with zero attached hydrogens (tertiary/aromatic N) is 5. The van der Waals surface area contributed by atoms with Gasteiger partial charge in [0.25, 0.3) is 5.91 Å².